The molecule has 0 saturated heterocycles. The van der Waals surface area contributed by atoms with Gasteiger partial charge in [-0.15, -0.1) is 0 Å². The zero-order valence-electron chi connectivity index (χ0n) is 11.8. The Bertz CT molecular complexity index is 550. The second-order valence-electron chi connectivity index (χ2n) is 5.89. The fraction of sp³-hybridized carbons (Fsp3) is 0.500. The van der Waals surface area contributed by atoms with E-state index >= 15 is 0 Å². The summed E-state index contributed by atoms with van der Waals surface area (Å²) >= 11 is 0. The minimum Gasteiger partial charge on any atom is -0.393 e. The van der Waals surface area contributed by atoms with Crippen molar-refractivity contribution in [1.82, 2.24) is 10.6 Å². The van der Waals surface area contributed by atoms with Crippen molar-refractivity contribution in [3.8, 4) is 0 Å². The Morgan fingerprint density at radius 2 is 1.95 bits per heavy atom. The molecule has 0 bridgehead atoms. The number of nitrogens with one attached hydrogen (secondary N) is 2. The van der Waals surface area contributed by atoms with Crippen LogP contribution in [0.2, 0.25) is 0 Å². The molecule has 1 aliphatic carbocycles. The molecule has 21 heavy (non-hydrogen) atoms. The molecule has 1 aliphatic heterocycles. The predicted octanol–water partition coefficient (Wildman–Crippen LogP) is 1.28. The first-order valence-corrected chi connectivity index (χ1v) is 7.50. The Kier molecular flexibility index (Phi) is 3.92. The fourth-order valence-corrected chi connectivity index (χ4v) is 3.17. The molecule has 2 amide bonds. The first-order valence-electron chi connectivity index (χ1n) is 7.50. The van der Waals surface area contributed by atoms with Gasteiger partial charge in [0.2, 0.25) is 5.91 Å². The van der Waals surface area contributed by atoms with Gasteiger partial charge in [-0.1, -0.05) is 18.2 Å². The Labute approximate surface area is 123 Å². The van der Waals surface area contributed by atoms with Crippen molar-refractivity contribution >= 4 is 11.8 Å². The summed E-state index contributed by atoms with van der Waals surface area (Å²) in [5, 5.41) is 15.3. The van der Waals surface area contributed by atoms with E-state index in [0.717, 1.165) is 31.2 Å². The van der Waals surface area contributed by atoms with Gasteiger partial charge in [0.15, 0.2) is 0 Å². The number of aliphatic hydroxyl groups excluding tert-OH is 1. The number of rotatable bonds is 3. The average molecular weight is 288 g/mol. The second kappa shape index (κ2) is 5.85. The van der Waals surface area contributed by atoms with Crippen LogP contribution >= 0.6 is 0 Å². The maximum Gasteiger partial charge on any atom is 0.252 e. The molecule has 0 spiro atoms. The van der Waals surface area contributed by atoms with Crippen molar-refractivity contribution in [3.05, 3.63) is 35.4 Å². The first-order chi connectivity index (χ1) is 10.1. The normalized spacial score (nSPS) is 27.9. The molecule has 5 nitrogen and oxygen atoms in total. The zero-order valence-corrected chi connectivity index (χ0v) is 11.8. The molecular formula is C16H20N2O3. The number of amides is 2. The molecule has 5 heteroatoms. The SMILES string of the molecule is O=C(CC1NC(=O)c2ccccc21)NC1CCC(O)CC1. The first kappa shape index (κ1) is 14.1. The molecule has 1 aromatic carbocycles. The van der Waals surface area contributed by atoms with Gasteiger partial charge in [0.05, 0.1) is 18.6 Å². The molecule has 0 aromatic heterocycles. The van der Waals surface area contributed by atoms with Crippen LogP contribution in [0.1, 0.15) is 54.1 Å². The van der Waals surface area contributed by atoms with E-state index < -0.39 is 0 Å². The molecule has 1 atom stereocenters. The van der Waals surface area contributed by atoms with Crippen LogP contribution in [0.5, 0.6) is 0 Å². The Hall–Kier alpha value is -1.88. The molecule has 2 aliphatic rings. The topological polar surface area (TPSA) is 78.4 Å². The van der Waals surface area contributed by atoms with E-state index in [2.05, 4.69) is 10.6 Å². The van der Waals surface area contributed by atoms with Gasteiger partial charge in [0.1, 0.15) is 0 Å². The number of aliphatic hydroxyl groups is 1. The summed E-state index contributed by atoms with van der Waals surface area (Å²) in [4.78, 5) is 24.0. The van der Waals surface area contributed by atoms with Gasteiger partial charge in [0.25, 0.3) is 5.91 Å². The van der Waals surface area contributed by atoms with Crippen LogP contribution in [0.25, 0.3) is 0 Å². The van der Waals surface area contributed by atoms with Crippen molar-refractivity contribution in [3.63, 3.8) is 0 Å². The van der Waals surface area contributed by atoms with Crippen molar-refractivity contribution in [2.75, 3.05) is 0 Å². The lowest BCUT2D eigenvalue weighted by molar-refractivity contribution is -0.122. The van der Waals surface area contributed by atoms with E-state index in [9.17, 15) is 14.7 Å². The minimum atomic E-state index is -0.233. The van der Waals surface area contributed by atoms with Gasteiger partial charge in [-0.25, -0.2) is 0 Å². The number of hydrogen-bond donors (Lipinski definition) is 3. The second-order valence-corrected chi connectivity index (χ2v) is 5.89. The summed E-state index contributed by atoms with van der Waals surface area (Å²) < 4.78 is 0. The highest BCUT2D eigenvalue weighted by Crippen LogP contribution is 2.27. The molecule has 1 heterocycles. The van der Waals surface area contributed by atoms with E-state index in [4.69, 9.17) is 0 Å². The molecule has 1 saturated carbocycles. The van der Waals surface area contributed by atoms with E-state index in [1.165, 1.54) is 0 Å². The van der Waals surface area contributed by atoms with Gasteiger partial charge in [-0.3, -0.25) is 9.59 Å². The largest absolute Gasteiger partial charge is 0.393 e. The number of fused-ring (bicyclic) bond motifs is 1. The Morgan fingerprint density at radius 3 is 2.71 bits per heavy atom. The summed E-state index contributed by atoms with van der Waals surface area (Å²) in [6.45, 7) is 0. The summed E-state index contributed by atoms with van der Waals surface area (Å²) in [6.07, 6.45) is 3.17. The van der Waals surface area contributed by atoms with Gasteiger partial charge < -0.3 is 15.7 Å². The van der Waals surface area contributed by atoms with E-state index in [0.29, 0.717) is 5.56 Å². The quantitative estimate of drug-likeness (QED) is 0.784. The molecule has 112 valence electrons. The maximum absolute atomic E-state index is 12.1. The summed E-state index contributed by atoms with van der Waals surface area (Å²) in [5.41, 5.74) is 1.56. The zero-order chi connectivity index (χ0) is 14.8. The van der Waals surface area contributed by atoms with Crippen molar-refractivity contribution in [2.24, 2.45) is 0 Å². The predicted molar refractivity (Wildman–Crippen MR) is 77.7 cm³/mol. The van der Waals surface area contributed by atoms with Crippen molar-refractivity contribution < 1.29 is 14.7 Å². The third-order valence-electron chi connectivity index (χ3n) is 4.34. The lowest BCUT2D eigenvalue weighted by atomic mass is 9.93. The third kappa shape index (κ3) is 3.08. The smallest absolute Gasteiger partial charge is 0.252 e. The van der Waals surface area contributed by atoms with Gasteiger partial charge >= 0.3 is 0 Å². The standard InChI is InChI=1S/C16H20N2O3/c19-11-7-5-10(6-8-11)17-15(20)9-14-12-3-1-2-4-13(12)16(21)18-14/h1-4,10-11,14,19H,5-9H2,(H,17,20)(H,18,21). The molecule has 1 aromatic rings. The Balaban J connectivity index is 1.58. The molecule has 0 radical (unpaired) electrons. The number of hydrogen-bond acceptors (Lipinski definition) is 3. The van der Waals surface area contributed by atoms with Gasteiger partial charge in [-0.2, -0.15) is 0 Å². The molecule has 1 unspecified atom stereocenters. The van der Waals surface area contributed by atoms with Gasteiger partial charge in [-0.05, 0) is 37.3 Å². The molecule has 3 N–H and O–H groups in total. The summed E-state index contributed by atoms with van der Waals surface area (Å²) in [5.74, 6) is -0.150. The molecular weight excluding hydrogens is 268 g/mol. The van der Waals surface area contributed by atoms with E-state index in [1.807, 2.05) is 18.2 Å². The van der Waals surface area contributed by atoms with E-state index in [-0.39, 0.29) is 36.4 Å². The van der Waals surface area contributed by atoms with Crippen LogP contribution < -0.4 is 10.6 Å². The minimum absolute atomic E-state index is 0.0432. The lowest BCUT2D eigenvalue weighted by Crippen LogP contribution is -2.39. The number of carbonyl (C=O) groups excluding carboxylic acids is 2. The number of carbonyl (C=O) groups is 2. The van der Waals surface area contributed by atoms with Crippen LogP contribution in [-0.4, -0.2) is 29.1 Å². The Morgan fingerprint density at radius 1 is 1.24 bits per heavy atom. The monoisotopic (exact) mass is 288 g/mol. The lowest BCUT2D eigenvalue weighted by Gasteiger charge is -2.26. The van der Waals surface area contributed by atoms with Gasteiger partial charge in [0, 0.05) is 11.6 Å². The van der Waals surface area contributed by atoms with Crippen LogP contribution in [0.3, 0.4) is 0 Å². The molecule has 1 fully saturated rings. The highest BCUT2D eigenvalue weighted by molar-refractivity contribution is 5.99. The molecule has 3 rings (SSSR count). The van der Waals surface area contributed by atoms with Crippen LogP contribution in [0.4, 0.5) is 0 Å². The summed E-state index contributed by atoms with van der Waals surface area (Å²) in [6, 6.07) is 7.30. The number of benzene rings is 1. The summed E-state index contributed by atoms with van der Waals surface area (Å²) in [7, 11) is 0. The van der Waals surface area contributed by atoms with Crippen LogP contribution in [-0.2, 0) is 4.79 Å². The highest BCUT2D eigenvalue weighted by Gasteiger charge is 2.30. The maximum atomic E-state index is 12.1. The fourth-order valence-electron chi connectivity index (χ4n) is 3.17. The average Bonchev–Trinajstić information content (AvgIpc) is 2.78. The highest BCUT2D eigenvalue weighted by atomic mass is 16.3. The van der Waals surface area contributed by atoms with Crippen molar-refractivity contribution in [1.29, 1.82) is 0 Å². The third-order valence-corrected chi connectivity index (χ3v) is 4.34. The van der Waals surface area contributed by atoms with E-state index in [1.54, 1.807) is 6.07 Å². The van der Waals surface area contributed by atoms with Crippen LogP contribution in [0, 0.1) is 0 Å². The van der Waals surface area contributed by atoms with Crippen molar-refractivity contribution in [2.45, 2.75) is 50.3 Å². The van der Waals surface area contributed by atoms with Crippen LogP contribution in [0.15, 0.2) is 24.3 Å².